The Morgan fingerprint density at radius 3 is 2.73 bits per heavy atom. The number of nitrogens with zero attached hydrogens (tertiary/aromatic N) is 1. The van der Waals surface area contributed by atoms with Crippen molar-refractivity contribution in [2.75, 3.05) is 7.11 Å². The van der Waals surface area contributed by atoms with E-state index in [0.29, 0.717) is 12.3 Å². The number of hydrogen-bond acceptors (Lipinski definition) is 2. The summed E-state index contributed by atoms with van der Waals surface area (Å²) in [6.45, 7) is 4.24. The summed E-state index contributed by atoms with van der Waals surface area (Å²) in [5, 5.41) is 8.54. The number of benzene rings is 1. The van der Waals surface area contributed by atoms with Gasteiger partial charge in [-0.2, -0.15) is 5.26 Å². The van der Waals surface area contributed by atoms with Gasteiger partial charge in [0.1, 0.15) is 5.75 Å². The van der Waals surface area contributed by atoms with E-state index in [1.807, 2.05) is 12.1 Å². The van der Waals surface area contributed by atoms with Crippen LogP contribution in [0.25, 0.3) is 0 Å². The second-order valence-corrected chi connectivity index (χ2v) is 3.82. The predicted octanol–water partition coefficient (Wildman–Crippen LogP) is 3.41. The molecule has 0 spiro atoms. The minimum Gasteiger partial charge on any atom is -0.497 e. The standard InChI is InChI=1S/C13H17NO/c1-10(5-4-8-14)13-7-6-12(15-3)9-11(13)2/h6-7,9-10H,4-5H2,1-3H3. The van der Waals surface area contributed by atoms with Gasteiger partial charge in [-0.3, -0.25) is 0 Å². The Balaban J connectivity index is 2.81. The normalized spacial score (nSPS) is 11.9. The molecule has 0 saturated heterocycles. The van der Waals surface area contributed by atoms with Crippen LogP contribution in [-0.4, -0.2) is 7.11 Å². The number of hydrogen-bond donors (Lipinski definition) is 0. The van der Waals surface area contributed by atoms with Crippen LogP contribution in [0.2, 0.25) is 0 Å². The van der Waals surface area contributed by atoms with Crippen LogP contribution in [-0.2, 0) is 0 Å². The second-order valence-electron chi connectivity index (χ2n) is 3.82. The van der Waals surface area contributed by atoms with E-state index in [0.717, 1.165) is 12.2 Å². The highest BCUT2D eigenvalue weighted by molar-refractivity contribution is 5.36. The van der Waals surface area contributed by atoms with Crippen LogP contribution < -0.4 is 4.74 Å². The van der Waals surface area contributed by atoms with Crippen molar-refractivity contribution in [3.63, 3.8) is 0 Å². The summed E-state index contributed by atoms with van der Waals surface area (Å²) in [4.78, 5) is 0. The van der Waals surface area contributed by atoms with E-state index >= 15 is 0 Å². The molecule has 0 bridgehead atoms. The highest BCUT2D eigenvalue weighted by atomic mass is 16.5. The molecule has 0 aromatic heterocycles. The number of nitriles is 1. The first kappa shape index (κ1) is 11.6. The number of rotatable bonds is 4. The fraction of sp³-hybridized carbons (Fsp3) is 0.462. The lowest BCUT2D eigenvalue weighted by atomic mass is 9.93. The highest BCUT2D eigenvalue weighted by Gasteiger charge is 2.08. The van der Waals surface area contributed by atoms with Gasteiger partial charge < -0.3 is 4.74 Å². The molecule has 0 fully saturated rings. The van der Waals surface area contributed by atoms with Crippen LogP contribution in [0.5, 0.6) is 5.75 Å². The van der Waals surface area contributed by atoms with Gasteiger partial charge in [0, 0.05) is 6.42 Å². The van der Waals surface area contributed by atoms with Crippen molar-refractivity contribution in [3.05, 3.63) is 29.3 Å². The lowest BCUT2D eigenvalue weighted by Crippen LogP contribution is -1.97. The Bertz CT molecular complexity index is 365. The summed E-state index contributed by atoms with van der Waals surface area (Å²) in [7, 11) is 1.67. The van der Waals surface area contributed by atoms with Gasteiger partial charge in [0.25, 0.3) is 0 Å². The minimum absolute atomic E-state index is 0.440. The summed E-state index contributed by atoms with van der Waals surface area (Å²) < 4.78 is 5.16. The van der Waals surface area contributed by atoms with Gasteiger partial charge in [-0.25, -0.2) is 0 Å². The molecular weight excluding hydrogens is 186 g/mol. The Kier molecular flexibility index (Phi) is 4.17. The molecule has 0 amide bonds. The molecule has 80 valence electrons. The molecule has 0 N–H and O–H groups in total. The summed E-state index contributed by atoms with van der Waals surface area (Å²) in [5.41, 5.74) is 2.55. The maximum absolute atomic E-state index is 8.54. The van der Waals surface area contributed by atoms with E-state index in [9.17, 15) is 0 Å². The summed E-state index contributed by atoms with van der Waals surface area (Å²) >= 11 is 0. The quantitative estimate of drug-likeness (QED) is 0.751. The van der Waals surface area contributed by atoms with Crippen molar-refractivity contribution in [1.82, 2.24) is 0 Å². The molecule has 1 aromatic carbocycles. The third-order valence-electron chi connectivity index (χ3n) is 2.70. The molecular formula is C13H17NO. The molecule has 1 unspecified atom stereocenters. The summed E-state index contributed by atoms with van der Waals surface area (Å²) in [5.74, 6) is 1.33. The fourth-order valence-electron chi connectivity index (χ4n) is 1.76. The Labute approximate surface area is 91.5 Å². The van der Waals surface area contributed by atoms with E-state index < -0.39 is 0 Å². The number of ether oxygens (including phenoxy) is 1. The average Bonchev–Trinajstić information content (AvgIpc) is 2.25. The van der Waals surface area contributed by atoms with E-state index in [4.69, 9.17) is 10.00 Å². The maximum Gasteiger partial charge on any atom is 0.119 e. The number of methoxy groups -OCH3 is 1. The largest absolute Gasteiger partial charge is 0.497 e. The minimum atomic E-state index is 0.440. The fourth-order valence-corrected chi connectivity index (χ4v) is 1.76. The van der Waals surface area contributed by atoms with Gasteiger partial charge in [0.15, 0.2) is 0 Å². The van der Waals surface area contributed by atoms with Gasteiger partial charge in [0.2, 0.25) is 0 Å². The van der Waals surface area contributed by atoms with E-state index in [1.165, 1.54) is 11.1 Å². The van der Waals surface area contributed by atoms with Gasteiger partial charge in [-0.1, -0.05) is 13.0 Å². The van der Waals surface area contributed by atoms with Crippen LogP contribution in [0.15, 0.2) is 18.2 Å². The molecule has 0 saturated carbocycles. The van der Waals surface area contributed by atoms with Crippen LogP contribution in [0, 0.1) is 18.3 Å². The van der Waals surface area contributed by atoms with Crippen molar-refractivity contribution in [1.29, 1.82) is 5.26 Å². The van der Waals surface area contributed by atoms with E-state index in [-0.39, 0.29) is 0 Å². The molecule has 0 aliphatic carbocycles. The zero-order valence-electron chi connectivity index (χ0n) is 9.58. The number of aryl methyl sites for hydroxylation is 1. The topological polar surface area (TPSA) is 33.0 Å². The third-order valence-corrected chi connectivity index (χ3v) is 2.70. The SMILES string of the molecule is COc1ccc(C(C)CCC#N)c(C)c1. The lowest BCUT2D eigenvalue weighted by molar-refractivity contribution is 0.414. The van der Waals surface area contributed by atoms with Crippen LogP contribution in [0.3, 0.4) is 0 Å². The van der Waals surface area contributed by atoms with Crippen molar-refractivity contribution in [2.45, 2.75) is 32.6 Å². The van der Waals surface area contributed by atoms with Crippen LogP contribution >= 0.6 is 0 Å². The van der Waals surface area contributed by atoms with Gasteiger partial charge in [-0.05, 0) is 42.5 Å². The lowest BCUT2D eigenvalue weighted by Gasteiger charge is -2.14. The Morgan fingerprint density at radius 2 is 2.20 bits per heavy atom. The average molecular weight is 203 g/mol. The van der Waals surface area contributed by atoms with Crippen molar-refractivity contribution < 1.29 is 4.74 Å². The molecule has 1 aromatic rings. The summed E-state index contributed by atoms with van der Waals surface area (Å²) in [6, 6.07) is 8.30. The van der Waals surface area contributed by atoms with E-state index in [2.05, 4.69) is 26.0 Å². The highest BCUT2D eigenvalue weighted by Crippen LogP contribution is 2.26. The smallest absolute Gasteiger partial charge is 0.119 e. The Hall–Kier alpha value is -1.49. The maximum atomic E-state index is 8.54. The van der Waals surface area contributed by atoms with Gasteiger partial charge in [-0.15, -0.1) is 0 Å². The van der Waals surface area contributed by atoms with Crippen LogP contribution in [0.4, 0.5) is 0 Å². The zero-order chi connectivity index (χ0) is 11.3. The molecule has 0 aliphatic rings. The molecule has 2 heteroatoms. The molecule has 1 rings (SSSR count). The molecule has 15 heavy (non-hydrogen) atoms. The molecule has 2 nitrogen and oxygen atoms in total. The first-order chi connectivity index (χ1) is 7.19. The third kappa shape index (κ3) is 2.99. The predicted molar refractivity (Wildman–Crippen MR) is 61.0 cm³/mol. The summed E-state index contributed by atoms with van der Waals surface area (Å²) in [6.07, 6.45) is 1.54. The first-order valence-corrected chi connectivity index (χ1v) is 5.20. The van der Waals surface area contributed by atoms with Gasteiger partial charge in [0.05, 0.1) is 13.2 Å². The monoisotopic (exact) mass is 203 g/mol. The second kappa shape index (κ2) is 5.41. The molecule has 0 aliphatic heterocycles. The molecule has 1 atom stereocenters. The van der Waals surface area contributed by atoms with E-state index in [1.54, 1.807) is 7.11 Å². The Morgan fingerprint density at radius 1 is 1.47 bits per heavy atom. The zero-order valence-corrected chi connectivity index (χ0v) is 9.58. The molecule has 0 radical (unpaired) electrons. The first-order valence-electron chi connectivity index (χ1n) is 5.20. The van der Waals surface area contributed by atoms with Crippen molar-refractivity contribution >= 4 is 0 Å². The molecule has 0 heterocycles. The van der Waals surface area contributed by atoms with Crippen molar-refractivity contribution in [3.8, 4) is 11.8 Å². The van der Waals surface area contributed by atoms with Crippen LogP contribution in [0.1, 0.15) is 36.8 Å². The van der Waals surface area contributed by atoms with Crippen molar-refractivity contribution in [2.24, 2.45) is 0 Å². The van der Waals surface area contributed by atoms with Gasteiger partial charge >= 0.3 is 0 Å².